The molecule has 1 amide bonds. The monoisotopic (exact) mass is 263 g/mol. The largest absolute Gasteiger partial charge is 0.353 e. The van der Waals surface area contributed by atoms with E-state index in [1.165, 1.54) is 19.3 Å². The van der Waals surface area contributed by atoms with Gasteiger partial charge in [-0.1, -0.05) is 26.2 Å². The maximum atomic E-state index is 11.7. The minimum atomic E-state index is -0.0286. The van der Waals surface area contributed by atoms with Crippen molar-refractivity contribution >= 4 is 12.0 Å². The van der Waals surface area contributed by atoms with E-state index in [-0.39, 0.29) is 5.91 Å². The van der Waals surface area contributed by atoms with Crippen molar-refractivity contribution in [1.82, 2.24) is 15.1 Å². The Hall–Kier alpha value is -1.58. The highest BCUT2D eigenvalue weighted by Crippen LogP contribution is 2.13. The molecule has 4 heteroatoms. The quantitative estimate of drug-likeness (QED) is 0.607. The number of hydrogen-bond acceptors (Lipinski definition) is 2. The molecular weight excluding hydrogens is 238 g/mol. The second-order valence-corrected chi connectivity index (χ2v) is 4.89. The van der Waals surface area contributed by atoms with Crippen LogP contribution < -0.4 is 5.32 Å². The lowest BCUT2D eigenvalue weighted by Gasteiger charge is -2.01. The average Bonchev–Trinajstić information content (AvgIpc) is 2.61. The number of nitrogens with one attached hydrogen (secondary N) is 1. The minimum Gasteiger partial charge on any atom is -0.353 e. The third kappa shape index (κ3) is 4.89. The van der Waals surface area contributed by atoms with Crippen LogP contribution in [0.25, 0.3) is 6.08 Å². The van der Waals surface area contributed by atoms with E-state index in [4.69, 9.17) is 0 Å². The van der Waals surface area contributed by atoms with E-state index in [1.54, 1.807) is 6.08 Å². The van der Waals surface area contributed by atoms with Gasteiger partial charge in [-0.25, -0.2) is 0 Å². The molecular formula is C15H25N3O. The normalized spacial score (nSPS) is 11.2. The minimum absolute atomic E-state index is 0.0286. The Morgan fingerprint density at radius 2 is 2.05 bits per heavy atom. The predicted molar refractivity (Wildman–Crippen MR) is 78.9 cm³/mol. The topological polar surface area (TPSA) is 46.9 Å². The lowest BCUT2D eigenvalue weighted by molar-refractivity contribution is -0.116. The molecule has 0 saturated carbocycles. The molecule has 0 aliphatic rings. The Morgan fingerprint density at radius 1 is 1.32 bits per heavy atom. The number of aryl methyl sites for hydroxylation is 2. The summed E-state index contributed by atoms with van der Waals surface area (Å²) in [5, 5.41) is 7.22. The van der Waals surface area contributed by atoms with Gasteiger partial charge in [0.2, 0.25) is 5.91 Å². The average molecular weight is 263 g/mol. The molecule has 0 radical (unpaired) electrons. The molecule has 1 rings (SSSR count). The fourth-order valence-corrected chi connectivity index (χ4v) is 2.01. The van der Waals surface area contributed by atoms with Gasteiger partial charge in [-0.15, -0.1) is 0 Å². The van der Waals surface area contributed by atoms with Crippen molar-refractivity contribution in [3.05, 3.63) is 23.0 Å². The van der Waals surface area contributed by atoms with Gasteiger partial charge in [-0.2, -0.15) is 5.10 Å². The number of carbonyl (C=O) groups is 1. The second kappa shape index (κ2) is 7.77. The van der Waals surface area contributed by atoms with Crippen molar-refractivity contribution in [2.45, 2.75) is 46.5 Å². The Morgan fingerprint density at radius 3 is 2.63 bits per heavy atom. The third-order valence-corrected chi connectivity index (χ3v) is 3.30. The molecule has 4 nitrogen and oxygen atoms in total. The van der Waals surface area contributed by atoms with Gasteiger partial charge in [0.05, 0.1) is 5.69 Å². The SMILES string of the molecule is CCCCCCNC(=O)/C=C/c1c(C)nn(C)c1C. The summed E-state index contributed by atoms with van der Waals surface area (Å²) in [4.78, 5) is 11.7. The molecule has 0 aliphatic heterocycles. The van der Waals surface area contributed by atoms with E-state index in [0.29, 0.717) is 0 Å². The van der Waals surface area contributed by atoms with Gasteiger partial charge in [-0.05, 0) is 26.3 Å². The first kappa shape index (κ1) is 15.5. The van der Waals surface area contributed by atoms with Gasteiger partial charge >= 0.3 is 0 Å². The zero-order chi connectivity index (χ0) is 14.3. The molecule has 19 heavy (non-hydrogen) atoms. The van der Waals surface area contributed by atoms with Gasteiger partial charge in [0.25, 0.3) is 0 Å². The van der Waals surface area contributed by atoms with E-state index >= 15 is 0 Å². The summed E-state index contributed by atoms with van der Waals surface area (Å²) >= 11 is 0. The number of rotatable bonds is 7. The first-order valence-electron chi connectivity index (χ1n) is 7.02. The summed E-state index contributed by atoms with van der Waals surface area (Å²) < 4.78 is 1.83. The number of amides is 1. The molecule has 0 unspecified atom stereocenters. The lowest BCUT2D eigenvalue weighted by Crippen LogP contribution is -2.21. The van der Waals surface area contributed by atoms with Crippen LogP contribution in [-0.2, 0) is 11.8 Å². The Labute approximate surface area is 115 Å². The summed E-state index contributed by atoms with van der Waals surface area (Å²) in [6, 6.07) is 0. The molecule has 1 aromatic heterocycles. The van der Waals surface area contributed by atoms with Crippen LogP contribution in [0.4, 0.5) is 0 Å². The number of hydrogen-bond donors (Lipinski definition) is 1. The standard InChI is InChI=1S/C15H25N3O/c1-5-6-7-8-11-16-15(19)10-9-14-12(2)17-18(4)13(14)3/h9-10H,5-8,11H2,1-4H3,(H,16,19)/b10-9+. The van der Waals surface area contributed by atoms with E-state index in [9.17, 15) is 4.79 Å². The van der Waals surface area contributed by atoms with E-state index in [1.807, 2.05) is 31.7 Å². The van der Waals surface area contributed by atoms with Gasteiger partial charge < -0.3 is 5.32 Å². The molecule has 0 saturated heterocycles. The van der Waals surface area contributed by atoms with Crippen LogP contribution in [0.15, 0.2) is 6.08 Å². The van der Waals surface area contributed by atoms with Crippen LogP contribution in [0.3, 0.4) is 0 Å². The molecule has 1 N–H and O–H groups in total. The number of aromatic nitrogens is 2. The highest BCUT2D eigenvalue weighted by molar-refractivity contribution is 5.91. The molecule has 0 bridgehead atoms. The maximum Gasteiger partial charge on any atom is 0.244 e. The summed E-state index contributed by atoms with van der Waals surface area (Å²) in [5.74, 6) is -0.0286. The van der Waals surface area contributed by atoms with Crippen LogP contribution in [0, 0.1) is 13.8 Å². The number of unbranched alkanes of at least 4 members (excludes halogenated alkanes) is 3. The highest BCUT2D eigenvalue weighted by atomic mass is 16.1. The van der Waals surface area contributed by atoms with Crippen LogP contribution in [-0.4, -0.2) is 22.2 Å². The van der Waals surface area contributed by atoms with Crippen molar-refractivity contribution in [3.8, 4) is 0 Å². The Balaban J connectivity index is 2.41. The maximum absolute atomic E-state index is 11.7. The van der Waals surface area contributed by atoms with Crippen molar-refractivity contribution in [3.63, 3.8) is 0 Å². The first-order chi connectivity index (χ1) is 9.06. The van der Waals surface area contributed by atoms with Crippen molar-refractivity contribution < 1.29 is 4.79 Å². The molecule has 0 spiro atoms. The van der Waals surface area contributed by atoms with Gasteiger partial charge in [0.15, 0.2) is 0 Å². The van der Waals surface area contributed by atoms with Crippen LogP contribution >= 0.6 is 0 Å². The lowest BCUT2D eigenvalue weighted by atomic mass is 10.2. The zero-order valence-corrected chi connectivity index (χ0v) is 12.5. The summed E-state index contributed by atoms with van der Waals surface area (Å²) in [6.07, 6.45) is 8.13. The van der Waals surface area contributed by atoms with Gasteiger partial charge in [0, 0.05) is 30.9 Å². The van der Waals surface area contributed by atoms with E-state index in [0.717, 1.165) is 29.9 Å². The first-order valence-corrected chi connectivity index (χ1v) is 7.02. The molecule has 1 aromatic rings. The fourth-order valence-electron chi connectivity index (χ4n) is 2.01. The van der Waals surface area contributed by atoms with Gasteiger partial charge in [0.1, 0.15) is 0 Å². The predicted octanol–water partition coefficient (Wildman–Crippen LogP) is 2.75. The van der Waals surface area contributed by atoms with Crippen molar-refractivity contribution in [1.29, 1.82) is 0 Å². The number of nitrogens with zero attached hydrogens (tertiary/aromatic N) is 2. The number of carbonyl (C=O) groups excluding carboxylic acids is 1. The molecule has 1 heterocycles. The van der Waals surface area contributed by atoms with E-state index in [2.05, 4.69) is 17.3 Å². The van der Waals surface area contributed by atoms with Crippen molar-refractivity contribution in [2.24, 2.45) is 7.05 Å². The van der Waals surface area contributed by atoms with E-state index < -0.39 is 0 Å². The zero-order valence-electron chi connectivity index (χ0n) is 12.5. The summed E-state index contributed by atoms with van der Waals surface area (Å²) in [7, 11) is 1.91. The highest BCUT2D eigenvalue weighted by Gasteiger charge is 2.06. The summed E-state index contributed by atoms with van der Waals surface area (Å²) in [5.41, 5.74) is 3.06. The third-order valence-electron chi connectivity index (χ3n) is 3.30. The molecule has 0 fully saturated rings. The molecule has 0 aliphatic carbocycles. The fraction of sp³-hybridized carbons (Fsp3) is 0.600. The van der Waals surface area contributed by atoms with Crippen LogP contribution in [0.1, 0.15) is 49.6 Å². The molecule has 106 valence electrons. The summed E-state index contributed by atoms with van der Waals surface area (Å²) in [6.45, 7) is 6.89. The van der Waals surface area contributed by atoms with Crippen LogP contribution in [0.5, 0.6) is 0 Å². The second-order valence-electron chi connectivity index (χ2n) is 4.89. The Bertz CT molecular complexity index is 446. The Kier molecular flexibility index (Phi) is 6.33. The smallest absolute Gasteiger partial charge is 0.244 e. The van der Waals surface area contributed by atoms with Crippen molar-refractivity contribution in [2.75, 3.05) is 6.54 Å². The molecule has 0 atom stereocenters. The van der Waals surface area contributed by atoms with Crippen LogP contribution in [0.2, 0.25) is 0 Å². The van der Waals surface area contributed by atoms with Gasteiger partial charge in [-0.3, -0.25) is 9.48 Å². The molecule has 0 aromatic carbocycles.